The first kappa shape index (κ1) is 18.4. The molecule has 7 heteroatoms. The second-order valence-electron chi connectivity index (χ2n) is 8.42. The number of hydrogen-bond donors (Lipinski definition) is 1. The molecule has 1 atom stereocenters. The van der Waals surface area contributed by atoms with E-state index >= 15 is 0 Å². The number of ether oxygens (including phenoxy) is 1. The molecule has 1 aromatic heterocycles. The molecule has 0 bridgehead atoms. The topological polar surface area (TPSA) is 80.8 Å². The van der Waals surface area contributed by atoms with Crippen molar-refractivity contribution in [3.63, 3.8) is 0 Å². The van der Waals surface area contributed by atoms with Gasteiger partial charge in [0.25, 0.3) is 5.91 Å². The molecule has 0 radical (unpaired) electrons. The van der Waals surface area contributed by atoms with Gasteiger partial charge in [-0.05, 0) is 45.8 Å². The van der Waals surface area contributed by atoms with E-state index in [1.165, 1.54) is 9.58 Å². The van der Waals surface area contributed by atoms with Crippen LogP contribution in [0.4, 0.5) is 4.79 Å². The molecule has 1 aromatic carbocycles. The Labute approximate surface area is 164 Å². The maximum atomic E-state index is 13.2. The molecular formula is C21H26N4O3. The minimum absolute atomic E-state index is 0.0491. The molecule has 7 nitrogen and oxygen atoms in total. The van der Waals surface area contributed by atoms with Crippen molar-refractivity contribution in [1.82, 2.24) is 14.5 Å². The third-order valence-corrected chi connectivity index (χ3v) is 5.22. The molecule has 2 saturated heterocycles. The Morgan fingerprint density at radius 2 is 2.04 bits per heavy atom. The number of nitrogens with zero attached hydrogens (tertiary/aromatic N) is 3. The van der Waals surface area contributed by atoms with Gasteiger partial charge in [0.1, 0.15) is 11.3 Å². The number of fused-ring (bicyclic) bond motifs is 2. The van der Waals surface area contributed by atoms with Crippen molar-refractivity contribution in [3.8, 4) is 0 Å². The molecule has 3 heterocycles. The van der Waals surface area contributed by atoms with Crippen LogP contribution < -0.4 is 5.84 Å². The predicted molar refractivity (Wildman–Crippen MR) is 108 cm³/mol. The number of amides is 2. The summed E-state index contributed by atoms with van der Waals surface area (Å²) < 4.78 is 7.11. The average molecular weight is 382 g/mol. The molecule has 28 heavy (non-hydrogen) atoms. The molecule has 4 rings (SSSR count). The zero-order valence-electron chi connectivity index (χ0n) is 16.5. The SMILES string of the molecule is CC(C)(C)OC(=O)N1CC2CCCN2C(=O)/C1=C/c1cn(N)c2ccccc12. The Balaban J connectivity index is 1.78. The van der Waals surface area contributed by atoms with E-state index in [0.717, 1.165) is 35.9 Å². The summed E-state index contributed by atoms with van der Waals surface area (Å²) in [7, 11) is 0. The highest BCUT2D eigenvalue weighted by atomic mass is 16.6. The van der Waals surface area contributed by atoms with E-state index in [4.69, 9.17) is 10.6 Å². The second kappa shape index (κ2) is 6.58. The number of carbonyl (C=O) groups excluding carboxylic acids is 2. The lowest BCUT2D eigenvalue weighted by Gasteiger charge is -2.39. The highest BCUT2D eigenvalue weighted by molar-refractivity contribution is 6.03. The maximum Gasteiger partial charge on any atom is 0.415 e. The molecule has 2 aliphatic rings. The van der Waals surface area contributed by atoms with Crippen LogP contribution in [-0.4, -0.2) is 51.2 Å². The quantitative estimate of drug-likeness (QED) is 0.607. The Hall–Kier alpha value is -2.96. The summed E-state index contributed by atoms with van der Waals surface area (Å²) >= 11 is 0. The highest BCUT2D eigenvalue weighted by Crippen LogP contribution is 2.31. The first-order valence-corrected chi connectivity index (χ1v) is 9.63. The van der Waals surface area contributed by atoms with Gasteiger partial charge in [-0.3, -0.25) is 14.4 Å². The zero-order chi connectivity index (χ0) is 20.1. The Kier molecular flexibility index (Phi) is 4.33. The summed E-state index contributed by atoms with van der Waals surface area (Å²) in [5.74, 6) is 5.94. The van der Waals surface area contributed by atoms with Crippen LogP contribution in [0.2, 0.25) is 0 Å². The van der Waals surface area contributed by atoms with Gasteiger partial charge in [0.15, 0.2) is 0 Å². The lowest BCUT2D eigenvalue weighted by Crippen LogP contribution is -2.54. The highest BCUT2D eigenvalue weighted by Gasteiger charge is 2.42. The number of para-hydroxylation sites is 1. The number of carbonyl (C=O) groups is 2. The van der Waals surface area contributed by atoms with Crippen LogP contribution in [0.3, 0.4) is 0 Å². The van der Waals surface area contributed by atoms with Crippen LogP contribution >= 0.6 is 0 Å². The van der Waals surface area contributed by atoms with E-state index in [1.807, 2.05) is 49.9 Å². The normalized spacial score (nSPS) is 21.5. The van der Waals surface area contributed by atoms with Crippen LogP contribution in [0, 0.1) is 0 Å². The lowest BCUT2D eigenvalue weighted by atomic mass is 10.1. The number of rotatable bonds is 1. The Morgan fingerprint density at radius 1 is 1.29 bits per heavy atom. The monoisotopic (exact) mass is 382 g/mol. The van der Waals surface area contributed by atoms with Crippen molar-refractivity contribution >= 4 is 29.0 Å². The van der Waals surface area contributed by atoms with Gasteiger partial charge in [-0.15, -0.1) is 0 Å². The number of nitrogens with two attached hydrogens (primary N) is 1. The summed E-state index contributed by atoms with van der Waals surface area (Å²) in [6.45, 7) is 6.65. The van der Waals surface area contributed by atoms with Gasteiger partial charge >= 0.3 is 6.09 Å². The molecule has 2 aliphatic heterocycles. The van der Waals surface area contributed by atoms with E-state index in [1.54, 1.807) is 12.3 Å². The third kappa shape index (κ3) is 3.21. The van der Waals surface area contributed by atoms with Crippen LogP contribution in [0.15, 0.2) is 36.2 Å². The lowest BCUT2D eigenvalue weighted by molar-refractivity contribution is -0.132. The average Bonchev–Trinajstić information content (AvgIpc) is 3.21. The minimum atomic E-state index is -0.634. The van der Waals surface area contributed by atoms with Crippen molar-refractivity contribution in [1.29, 1.82) is 0 Å². The molecule has 2 amide bonds. The zero-order valence-corrected chi connectivity index (χ0v) is 16.5. The number of aromatic nitrogens is 1. The van der Waals surface area contributed by atoms with E-state index < -0.39 is 11.7 Å². The van der Waals surface area contributed by atoms with Crippen LogP contribution in [0.5, 0.6) is 0 Å². The molecule has 0 saturated carbocycles. The fourth-order valence-corrected chi connectivity index (χ4v) is 3.99. The van der Waals surface area contributed by atoms with E-state index in [0.29, 0.717) is 12.2 Å². The Morgan fingerprint density at radius 3 is 2.79 bits per heavy atom. The number of hydrogen-bond acceptors (Lipinski definition) is 4. The number of nitrogen functional groups attached to an aromatic ring is 1. The van der Waals surface area contributed by atoms with Gasteiger partial charge in [-0.25, -0.2) is 4.79 Å². The van der Waals surface area contributed by atoms with Gasteiger partial charge in [0.2, 0.25) is 0 Å². The first-order valence-electron chi connectivity index (χ1n) is 9.63. The smallest absolute Gasteiger partial charge is 0.415 e. The molecule has 1 unspecified atom stereocenters. The van der Waals surface area contributed by atoms with Crippen molar-refractivity contribution in [2.75, 3.05) is 18.9 Å². The standard InChI is InChI=1S/C21H26N4O3/c1-21(2,3)28-20(27)24-13-15-7-6-10-23(15)19(26)18(24)11-14-12-25(22)17-9-5-4-8-16(14)17/h4-5,8-9,11-12,15H,6-7,10,13,22H2,1-3H3/b18-11-. The molecule has 2 fully saturated rings. The van der Waals surface area contributed by atoms with Gasteiger partial charge in [0, 0.05) is 30.2 Å². The molecular weight excluding hydrogens is 356 g/mol. The fourth-order valence-electron chi connectivity index (χ4n) is 3.99. The third-order valence-electron chi connectivity index (χ3n) is 5.22. The van der Waals surface area contributed by atoms with Crippen molar-refractivity contribution < 1.29 is 14.3 Å². The first-order chi connectivity index (χ1) is 13.2. The van der Waals surface area contributed by atoms with Gasteiger partial charge in [0.05, 0.1) is 11.6 Å². The maximum absolute atomic E-state index is 13.2. The van der Waals surface area contributed by atoms with E-state index in [-0.39, 0.29) is 11.9 Å². The van der Waals surface area contributed by atoms with E-state index in [2.05, 4.69) is 0 Å². The number of piperazine rings is 1. The van der Waals surface area contributed by atoms with Crippen molar-refractivity contribution in [3.05, 3.63) is 41.7 Å². The summed E-state index contributed by atoms with van der Waals surface area (Å²) in [6.07, 6.45) is 4.89. The largest absolute Gasteiger partial charge is 0.443 e. The van der Waals surface area contributed by atoms with Gasteiger partial charge in [-0.2, -0.15) is 0 Å². The Bertz CT molecular complexity index is 970. The van der Waals surface area contributed by atoms with Crippen LogP contribution in [-0.2, 0) is 9.53 Å². The van der Waals surface area contributed by atoms with Crippen LogP contribution in [0.25, 0.3) is 17.0 Å². The summed E-state index contributed by atoms with van der Waals surface area (Å²) in [4.78, 5) is 29.4. The molecule has 2 aromatic rings. The molecule has 148 valence electrons. The number of benzene rings is 1. The predicted octanol–water partition coefficient (Wildman–Crippen LogP) is 2.94. The summed E-state index contributed by atoms with van der Waals surface area (Å²) in [5, 5.41) is 0.929. The van der Waals surface area contributed by atoms with E-state index in [9.17, 15) is 9.59 Å². The molecule has 0 spiro atoms. The van der Waals surface area contributed by atoms with Crippen molar-refractivity contribution in [2.45, 2.75) is 45.3 Å². The minimum Gasteiger partial charge on any atom is -0.443 e. The molecule has 2 N–H and O–H groups in total. The summed E-state index contributed by atoms with van der Waals surface area (Å²) in [5.41, 5.74) is 1.36. The van der Waals surface area contributed by atoms with Crippen LogP contribution in [0.1, 0.15) is 39.2 Å². The van der Waals surface area contributed by atoms with Gasteiger partial charge < -0.3 is 15.5 Å². The molecule has 0 aliphatic carbocycles. The van der Waals surface area contributed by atoms with Crippen molar-refractivity contribution in [2.24, 2.45) is 0 Å². The summed E-state index contributed by atoms with van der Waals surface area (Å²) in [6, 6.07) is 7.76. The fraction of sp³-hybridized carbons (Fsp3) is 0.429. The van der Waals surface area contributed by atoms with Gasteiger partial charge in [-0.1, -0.05) is 18.2 Å². The second-order valence-corrected chi connectivity index (χ2v) is 8.42.